The van der Waals surface area contributed by atoms with Crippen LogP contribution in [0.2, 0.25) is 0 Å². The van der Waals surface area contributed by atoms with E-state index in [1.54, 1.807) is 29.0 Å². The summed E-state index contributed by atoms with van der Waals surface area (Å²) in [6.45, 7) is 4.35. The van der Waals surface area contributed by atoms with Crippen LogP contribution in [0.3, 0.4) is 0 Å². The zero-order valence-corrected chi connectivity index (χ0v) is 13.6. The van der Waals surface area contributed by atoms with Crippen LogP contribution in [-0.4, -0.2) is 21.6 Å². The standard InChI is InChI=1S/C15H17N3OS2/c1-3-11-6-12-13(17-9-18-14(12)21-11)16-8-15(2,19)10-4-5-20-7-10/h4-7,9,19H,3,8H2,1-2H3,(H,16,17,18). The van der Waals surface area contributed by atoms with Crippen LogP contribution >= 0.6 is 22.7 Å². The number of nitrogens with zero attached hydrogens (tertiary/aromatic N) is 2. The van der Waals surface area contributed by atoms with Gasteiger partial charge in [0.2, 0.25) is 0 Å². The molecule has 2 N–H and O–H groups in total. The number of aliphatic hydroxyl groups is 1. The maximum Gasteiger partial charge on any atom is 0.138 e. The quantitative estimate of drug-likeness (QED) is 0.754. The van der Waals surface area contributed by atoms with E-state index < -0.39 is 5.60 Å². The van der Waals surface area contributed by atoms with Gasteiger partial charge in [0.1, 0.15) is 22.6 Å². The van der Waals surface area contributed by atoms with Crippen molar-refractivity contribution >= 4 is 38.7 Å². The summed E-state index contributed by atoms with van der Waals surface area (Å²) in [7, 11) is 0. The van der Waals surface area contributed by atoms with Crippen LogP contribution in [0.4, 0.5) is 5.82 Å². The molecular formula is C15H17N3OS2. The molecule has 0 saturated carbocycles. The van der Waals surface area contributed by atoms with E-state index in [2.05, 4.69) is 28.3 Å². The predicted molar refractivity (Wildman–Crippen MR) is 89.2 cm³/mol. The Morgan fingerprint density at radius 3 is 2.95 bits per heavy atom. The molecule has 3 aromatic heterocycles. The first-order valence-electron chi connectivity index (χ1n) is 6.82. The minimum absolute atomic E-state index is 0.410. The Morgan fingerprint density at radius 1 is 1.38 bits per heavy atom. The molecule has 0 aliphatic carbocycles. The number of nitrogens with one attached hydrogen (secondary N) is 1. The lowest BCUT2D eigenvalue weighted by Crippen LogP contribution is -2.30. The van der Waals surface area contributed by atoms with Crippen molar-refractivity contribution in [2.75, 3.05) is 11.9 Å². The van der Waals surface area contributed by atoms with Gasteiger partial charge in [0.15, 0.2) is 0 Å². The van der Waals surface area contributed by atoms with Gasteiger partial charge in [-0.3, -0.25) is 0 Å². The third-order valence-corrected chi connectivity index (χ3v) is 5.34. The lowest BCUT2D eigenvalue weighted by atomic mass is 9.99. The Bertz CT molecular complexity index is 735. The Labute approximate surface area is 131 Å². The lowest BCUT2D eigenvalue weighted by molar-refractivity contribution is 0.0719. The molecule has 1 atom stereocenters. The van der Waals surface area contributed by atoms with Gasteiger partial charge in [0.05, 0.1) is 5.39 Å². The second kappa shape index (κ2) is 5.71. The third-order valence-electron chi connectivity index (χ3n) is 3.47. The van der Waals surface area contributed by atoms with Gasteiger partial charge in [-0.05, 0) is 41.8 Å². The number of aromatic nitrogens is 2. The van der Waals surface area contributed by atoms with Crippen LogP contribution in [0.1, 0.15) is 24.3 Å². The molecule has 6 heteroatoms. The van der Waals surface area contributed by atoms with Gasteiger partial charge >= 0.3 is 0 Å². The molecule has 0 fully saturated rings. The highest BCUT2D eigenvalue weighted by molar-refractivity contribution is 7.18. The van der Waals surface area contributed by atoms with Gasteiger partial charge in [-0.2, -0.15) is 11.3 Å². The molecule has 0 aliphatic heterocycles. The molecule has 110 valence electrons. The van der Waals surface area contributed by atoms with Gasteiger partial charge in [-0.1, -0.05) is 6.92 Å². The Hall–Kier alpha value is -1.50. The van der Waals surface area contributed by atoms with E-state index in [9.17, 15) is 5.11 Å². The van der Waals surface area contributed by atoms with Gasteiger partial charge in [-0.15, -0.1) is 11.3 Å². The van der Waals surface area contributed by atoms with Crippen LogP contribution in [0.5, 0.6) is 0 Å². The first-order chi connectivity index (χ1) is 10.1. The average Bonchev–Trinajstić information content (AvgIpc) is 3.13. The van der Waals surface area contributed by atoms with E-state index in [4.69, 9.17) is 0 Å². The summed E-state index contributed by atoms with van der Waals surface area (Å²) in [5, 5.41) is 18.8. The number of hydrogen-bond acceptors (Lipinski definition) is 6. The number of hydrogen-bond donors (Lipinski definition) is 2. The van der Waals surface area contributed by atoms with E-state index in [0.717, 1.165) is 28.0 Å². The van der Waals surface area contributed by atoms with E-state index in [1.165, 1.54) is 4.88 Å². The van der Waals surface area contributed by atoms with Gasteiger partial charge in [0, 0.05) is 11.4 Å². The number of thiophene rings is 2. The van der Waals surface area contributed by atoms with E-state index in [1.807, 2.05) is 23.8 Å². The molecule has 4 nitrogen and oxygen atoms in total. The minimum atomic E-state index is -0.916. The molecule has 0 radical (unpaired) electrons. The summed E-state index contributed by atoms with van der Waals surface area (Å²) in [5.74, 6) is 0.784. The van der Waals surface area contributed by atoms with E-state index >= 15 is 0 Å². The number of anilines is 1. The molecule has 0 saturated heterocycles. The maximum absolute atomic E-state index is 10.6. The minimum Gasteiger partial charge on any atom is -0.384 e. The summed E-state index contributed by atoms with van der Waals surface area (Å²) in [6, 6.07) is 4.07. The molecule has 3 heterocycles. The van der Waals surface area contributed by atoms with Crippen LogP contribution < -0.4 is 5.32 Å². The van der Waals surface area contributed by atoms with Crippen molar-refractivity contribution in [2.45, 2.75) is 25.9 Å². The first kappa shape index (κ1) is 14.4. The Morgan fingerprint density at radius 2 is 2.24 bits per heavy atom. The van der Waals surface area contributed by atoms with Crippen LogP contribution in [0.15, 0.2) is 29.2 Å². The third kappa shape index (κ3) is 2.92. The molecule has 0 aromatic carbocycles. The van der Waals surface area contributed by atoms with Crippen molar-refractivity contribution in [2.24, 2.45) is 0 Å². The Kier molecular flexibility index (Phi) is 3.93. The average molecular weight is 319 g/mol. The highest BCUT2D eigenvalue weighted by Crippen LogP contribution is 2.29. The van der Waals surface area contributed by atoms with Gasteiger partial charge in [-0.25, -0.2) is 9.97 Å². The number of aryl methyl sites for hydroxylation is 1. The first-order valence-corrected chi connectivity index (χ1v) is 8.58. The molecule has 0 amide bonds. The largest absolute Gasteiger partial charge is 0.384 e. The molecular weight excluding hydrogens is 302 g/mol. The lowest BCUT2D eigenvalue weighted by Gasteiger charge is -2.23. The summed E-state index contributed by atoms with van der Waals surface area (Å²) < 4.78 is 0. The maximum atomic E-state index is 10.6. The van der Waals surface area contributed by atoms with Crippen molar-refractivity contribution in [3.8, 4) is 0 Å². The van der Waals surface area contributed by atoms with Gasteiger partial charge < -0.3 is 10.4 Å². The summed E-state index contributed by atoms with van der Waals surface area (Å²) >= 11 is 3.28. The molecule has 0 aliphatic rings. The molecule has 3 aromatic rings. The molecule has 3 rings (SSSR count). The predicted octanol–water partition coefficient (Wildman–Crippen LogP) is 3.63. The fourth-order valence-electron chi connectivity index (χ4n) is 2.15. The summed E-state index contributed by atoms with van der Waals surface area (Å²) in [5.41, 5.74) is 0.00538. The monoisotopic (exact) mass is 319 g/mol. The fraction of sp³-hybridized carbons (Fsp3) is 0.333. The second-order valence-electron chi connectivity index (χ2n) is 5.15. The number of rotatable bonds is 5. The summed E-state index contributed by atoms with van der Waals surface area (Å²) in [4.78, 5) is 10.9. The van der Waals surface area contributed by atoms with Crippen molar-refractivity contribution in [3.05, 3.63) is 39.7 Å². The zero-order valence-electron chi connectivity index (χ0n) is 12.0. The highest BCUT2D eigenvalue weighted by atomic mass is 32.1. The second-order valence-corrected chi connectivity index (χ2v) is 7.04. The van der Waals surface area contributed by atoms with Crippen LogP contribution in [-0.2, 0) is 12.0 Å². The van der Waals surface area contributed by atoms with Crippen molar-refractivity contribution < 1.29 is 5.11 Å². The van der Waals surface area contributed by atoms with E-state index in [0.29, 0.717) is 6.54 Å². The molecule has 21 heavy (non-hydrogen) atoms. The van der Waals surface area contributed by atoms with Crippen molar-refractivity contribution in [1.29, 1.82) is 0 Å². The fourth-order valence-corrected chi connectivity index (χ4v) is 3.87. The van der Waals surface area contributed by atoms with E-state index in [-0.39, 0.29) is 0 Å². The zero-order chi connectivity index (χ0) is 14.9. The van der Waals surface area contributed by atoms with Crippen molar-refractivity contribution in [3.63, 3.8) is 0 Å². The molecule has 0 spiro atoms. The Balaban J connectivity index is 1.83. The number of fused-ring (bicyclic) bond motifs is 1. The summed E-state index contributed by atoms with van der Waals surface area (Å²) in [6.07, 6.45) is 2.56. The highest BCUT2D eigenvalue weighted by Gasteiger charge is 2.23. The topological polar surface area (TPSA) is 58.0 Å². The smallest absolute Gasteiger partial charge is 0.138 e. The SMILES string of the molecule is CCc1cc2c(NCC(C)(O)c3ccsc3)ncnc2s1. The van der Waals surface area contributed by atoms with Gasteiger partial charge in [0.25, 0.3) is 0 Å². The normalized spacial score (nSPS) is 14.2. The van der Waals surface area contributed by atoms with Crippen LogP contribution in [0, 0.1) is 0 Å². The van der Waals surface area contributed by atoms with Crippen LogP contribution in [0.25, 0.3) is 10.2 Å². The molecule has 1 unspecified atom stereocenters. The van der Waals surface area contributed by atoms with Crippen molar-refractivity contribution in [1.82, 2.24) is 9.97 Å². The molecule has 0 bridgehead atoms.